The number of hydrogen-bond acceptors (Lipinski definition) is 1. The van der Waals surface area contributed by atoms with Gasteiger partial charge in [-0.25, -0.2) is 0 Å². The van der Waals surface area contributed by atoms with Gasteiger partial charge in [0.15, 0.2) is 0 Å². The average molecular weight is 280 g/mol. The Balaban J connectivity index is 1.81. The predicted octanol–water partition coefficient (Wildman–Crippen LogP) is 4.82. The fraction of sp³-hybridized carbons (Fsp3) is 0.300. The lowest BCUT2D eigenvalue weighted by atomic mass is 9.96. The number of aryl methyl sites for hydroxylation is 1. The topological polar surface area (TPSA) is 9.23 Å². The van der Waals surface area contributed by atoms with E-state index in [2.05, 4.69) is 62.0 Å². The molecule has 21 heavy (non-hydrogen) atoms. The summed E-state index contributed by atoms with van der Waals surface area (Å²) in [5.74, 6) is 0. The van der Waals surface area contributed by atoms with Crippen LogP contribution in [0.1, 0.15) is 24.5 Å². The summed E-state index contributed by atoms with van der Waals surface area (Å²) in [7, 11) is 0. The van der Waals surface area contributed by atoms with E-state index in [9.17, 15) is 0 Å². The van der Waals surface area contributed by atoms with Gasteiger partial charge in [0.25, 0.3) is 0 Å². The van der Waals surface area contributed by atoms with Gasteiger partial charge in [-0.2, -0.15) is 0 Å². The minimum absolute atomic E-state index is 0.259. The van der Waals surface area contributed by atoms with Crippen molar-refractivity contribution in [1.29, 1.82) is 0 Å². The van der Waals surface area contributed by atoms with Crippen molar-refractivity contribution in [1.82, 2.24) is 0 Å². The van der Waals surface area contributed by atoms with E-state index >= 15 is 0 Å². The maximum Gasteiger partial charge on any atom is 0.0835 e. The largest absolute Gasteiger partial charge is 0.371 e. The van der Waals surface area contributed by atoms with E-state index in [1.807, 2.05) is 18.2 Å². The summed E-state index contributed by atoms with van der Waals surface area (Å²) < 4.78 is 6.09. The highest BCUT2D eigenvalue weighted by molar-refractivity contribution is 5.16. The van der Waals surface area contributed by atoms with Crippen LogP contribution < -0.4 is 0 Å². The highest BCUT2D eigenvalue weighted by Gasteiger charge is 2.20. The minimum Gasteiger partial charge on any atom is -0.371 e. The first-order valence-electron chi connectivity index (χ1n) is 7.57. The van der Waals surface area contributed by atoms with E-state index in [1.54, 1.807) is 0 Å². The van der Waals surface area contributed by atoms with Crippen molar-refractivity contribution in [2.24, 2.45) is 0 Å². The fourth-order valence-electron chi connectivity index (χ4n) is 2.32. The molecule has 0 bridgehead atoms. The Labute approximate surface area is 128 Å². The summed E-state index contributed by atoms with van der Waals surface area (Å²) in [5, 5.41) is 0. The van der Waals surface area contributed by atoms with Crippen molar-refractivity contribution in [2.75, 3.05) is 6.61 Å². The summed E-state index contributed by atoms with van der Waals surface area (Å²) in [5.41, 5.74) is 2.40. The van der Waals surface area contributed by atoms with Gasteiger partial charge in [-0.3, -0.25) is 0 Å². The Hall–Kier alpha value is -1.86. The second-order valence-corrected chi connectivity index (χ2v) is 5.59. The van der Waals surface area contributed by atoms with Crippen molar-refractivity contribution in [2.45, 2.75) is 31.8 Å². The van der Waals surface area contributed by atoms with Gasteiger partial charge in [0.05, 0.1) is 12.2 Å². The third-order valence-electron chi connectivity index (χ3n) is 3.85. The fourth-order valence-corrected chi connectivity index (χ4v) is 2.32. The summed E-state index contributed by atoms with van der Waals surface area (Å²) in [6.45, 7) is 6.79. The molecule has 0 aliphatic carbocycles. The van der Waals surface area contributed by atoms with Crippen LogP contribution in [0.4, 0.5) is 0 Å². The first-order chi connectivity index (χ1) is 10.2. The molecule has 0 heterocycles. The molecule has 1 atom stereocenters. The molecule has 0 aliphatic heterocycles. The summed E-state index contributed by atoms with van der Waals surface area (Å²) in [6, 6.07) is 21.0. The Bertz CT molecular complexity index is 532. The predicted molar refractivity (Wildman–Crippen MR) is 89.5 cm³/mol. The average Bonchev–Trinajstić information content (AvgIpc) is 2.55. The van der Waals surface area contributed by atoms with Crippen molar-refractivity contribution in [3.05, 3.63) is 84.4 Å². The Morgan fingerprint density at radius 1 is 0.905 bits per heavy atom. The van der Waals surface area contributed by atoms with Crippen LogP contribution in [-0.4, -0.2) is 12.2 Å². The molecule has 2 aromatic rings. The number of benzene rings is 2. The van der Waals surface area contributed by atoms with Crippen LogP contribution in [0.15, 0.2) is 73.3 Å². The maximum absolute atomic E-state index is 6.09. The van der Waals surface area contributed by atoms with E-state index in [0.717, 1.165) is 25.9 Å². The molecule has 0 saturated heterocycles. The van der Waals surface area contributed by atoms with Gasteiger partial charge in [-0.1, -0.05) is 66.7 Å². The SMILES string of the molecule is C=CC(C)(CCc1ccccc1)OCCc1ccccc1. The molecular weight excluding hydrogens is 256 g/mol. The van der Waals surface area contributed by atoms with E-state index in [0.29, 0.717) is 0 Å². The van der Waals surface area contributed by atoms with Crippen LogP contribution >= 0.6 is 0 Å². The lowest BCUT2D eigenvalue weighted by Crippen LogP contribution is -2.27. The van der Waals surface area contributed by atoms with Crippen LogP contribution in [0.2, 0.25) is 0 Å². The Morgan fingerprint density at radius 2 is 1.43 bits per heavy atom. The lowest BCUT2D eigenvalue weighted by molar-refractivity contribution is 0.00171. The molecular formula is C20H24O. The molecule has 0 aliphatic rings. The second-order valence-electron chi connectivity index (χ2n) is 5.59. The number of ether oxygens (including phenoxy) is 1. The third-order valence-corrected chi connectivity index (χ3v) is 3.85. The molecule has 0 saturated carbocycles. The van der Waals surface area contributed by atoms with Crippen LogP contribution in [0, 0.1) is 0 Å². The zero-order valence-electron chi connectivity index (χ0n) is 12.8. The molecule has 1 nitrogen and oxygen atoms in total. The van der Waals surface area contributed by atoms with E-state index in [4.69, 9.17) is 4.74 Å². The zero-order chi connectivity index (χ0) is 15.0. The summed E-state index contributed by atoms with van der Waals surface area (Å²) in [6.07, 6.45) is 4.83. The second kappa shape index (κ2) is 7.80. The van der Waals surface area contributed by atoms with Gasteiger partial charge in [0.1, 0.15) is 0 Å². The molecule has 0 fully saturated rings. The van der Waals surface area contributed by atoms with Gasteiger partial charge < -0.3 is 4.74 Å². The summed E-state index contributed by atoms with van der Waals surface area (Å²) in [4.78, 5) is 0. The molecule has 0 N–H and O–H groups in total. The van der Waals surface area contributed by atoms with Gasteiger partial charge in [-0.15, -0.1) is 6.58 Å². The summed E-state index contributed by atoms with van der Waals surface area (Å²) >= 11 is 0. The van der Waals surface area contributed by atoms with E-state index < -0.39 is 0 Å². The van der Waals surface area contributed by atoms with Crippen LogP contribution in [0.3, 0.4) is 0 Å². The van der Waals surface area contributed by atoms with Gasteiger partial charge in [0.2, 0.25) is 0 Å². The van der Waals surface area contributed by atoms with Crippen LogP contribution in [0.5, 0.6) is 0 Å². The molecule has 0 aromatic heterocycles. The monoisotopic (exact) mass is 280 g/mol. The highest BCUT2D eigenvalue weighted by atomic mass is 16.5. The molecule has 1 unspecified atom stereocenters. The van der Waals surface area contributed by atoms with Crippen LogP contribution in [-0.2, 0) is 17.6 Å². The van der Waals surface area contributed by atoms with E-state index in [-0.39, 0.29) is 5.60 Å². The Morgan fingerprint density at radius 3 is 1.95 bits per heavy atom. The van der Waals surface area contributed by atoms with Crippen molar-refractivity contribution >= 4 is 0 Å². The van der Waals surface area contributed by atoms with Gasteiger partial charge in [0, 0.05) is 0 Å². The normalized spacial score (nSPS) is 13.6. The molecule has 0 spiro atoms. The van der Waals surface area contributed by atoms with Crippen LogP contribution in [0.25, 0.3) is 0 Å². The highest BCUT2D eigenvalue weighted by Crippen LogP contribution is 2.20. The van der Waals surface area contributed by atoms with E-state index in [1.165, 1.54) is 11.1 Å². The smallest absolute Gasteiger partial charge is 0.0835 e. The zero-order valence-corrected chi connectivity index (χ0v) is 12.8. The first kappa shape index (κ1) is 15.5. The molecule has 2 rings (SSSR count). The quantitative estimate of drug-likeness (QED) is 0.630. The number of hydrogen-bond donors (Lipinski definition) is 0. The molecule has 2 aromatic carbocycles. The standard InChI is InChI=1S/C20H24O/c1-3-20(2,16-14-18-10-6-4-7-11-18)21-17-15-19-12-8-5-9-13-19/h3-13H,1,14-17H2,2H3. The molecule has 0 amide bonds. The number of rotatable bonds is 8. The molecule has 1 heteroatoms. The Kier molecular flexibility index (Phi) is 5.77. The maximum atomic E-state index is 6.09. The minimum atomic E-state index is -0.259. The lowest BCUT2D eigenvalue weighted by Gasteiger charge is -2.26. The van der Waals surface area contributed by atoms with Crippen molar-refractivity contribution in [3.63, 3.8) is 0 Å². The molecule has 0 radical (unpaired) electrons. The third kappa shape index (κ3) is 5.20. The van der Waals surface area contributed by atoms with Crippen molar-refractivity contribution in [3.8, 4) is 0 Å². The van der Waals surface area contributed by atoms with Gasteiger partial charge in [-0.05, 0) is 37.3 Å². The first-order valence-corrected chi connectivity index (χ1v) is 7.57. The van der Waals surface area contributed by atoms with Gasteiger partial charge >= 0.3 is 0 Å². The molecule has 110 valence electrons. The van der Waals surface area contributed by atoms with Crippen molar-refractivity contribution < 1.29 is 4.74 Å².